The number of amides is 1. The molecule has 1 N–H and O–H groups in total. The summed E-state index contributed by atoms with van der Waals surface area (Å²) in [4.78, 5) is 30.3. The van der Waals surface area contributed by atoms with Gasteiger partial charge in [0, 0.05) is 47.6 Å². The Labute approximate surface area is 221 Å². The quantitative estimate of drug-likeness (QED) is 0.284. The molecule has 4 aromatic rings. The van der Waals surface area contributed by atoms with Crippen molar-refractivity contribution in [2.24, 2.45) is 0 Å². The number of hydrogen-bond donors (Lipinski definition) is 1. The highest BCUT2D eigenvalue weighted by atomic mass is 32.2. The van der Waals surface area contributed by atoms with Gasteiger partial charge in [0.2, 0.25) is 0 Å². The highest BCUT2D eigenvalue weighted by Gasteiger charge is 2.25. The predicted molar refractivity (Wildman–Crippen MR) is 145 cm³/mol. The zero-order valence-corrected chi connectivity index (χ0v) is 21.5. The Morgan fingerprint density at radius 3 is 2.68 bits per heavy atom. The lowest BCUT2D eigenvalue weighted by Gasteiger charge is -2.26. The first-order chi connectivity index (χ1) is 18.1. The maximum atomic E-state index is 12.8. The topological polar surface area (TPSA) is 73.2 Å². The van der Waals surface area contributed by atoms with Gasteiger partial charge in [-0.05, 0) is 48.2 Å². The van der Waals surface area contributed by atoms with Crippen LogP contribution in [0.2, 0.25) is 0 Å². The summed E-state index contributed by atoms with van der Waals surface area (Å²) in [5, 5.41) is 2.72. The first-order valence-electron chi connectivity index (χ1n) is 12.4. The molecule has 1 atom stereocenters. The van der Waals surface area contributed by atoms with Crippen molar-refractivity contribution in [2.75, 3.05) is 7.05 Å². The number of nitrogens with one attached hydrogen (secondary N) is 1. The number of nitrogens with zero attached hydrogens (tertiary/aromatic N) is 2. The molecule has 1 heterocycles. The average molecular weight is 512 g/mol. The van der Waals surface area contributed by atoms with Crippen LogP contribution in [0.4, 0.5) is 0 Å². The van der Waals surface area contributed by atoms with E-state index in [2.05, 4.69) is 22.4 Å². The van der Waals surface area contributed by atoms with Crippen molar-refractivity contribution in [1.29, 1.82) is 0 Å². The summed E-state index contributed by atoms with van der Waals surface area (Å²) < 4.78 is 8.75. The van der Waals surface area contributed by atoms with Crippen molar-refractivity contribution in [1.82, 2.24) is 14.9 Å². The largest absolute Gasteiger partial charge is 0.484 e. The maximum Gasteiger partial charge on any atom is 0.252 e. The lowest BCUT2D eigenvalue weighted by atomic mass is 9.87. The molecule has 0 saturated carbocycles. The fourth-order valence-electron chi connectivity index (χ4n) is 4.73. The van der Waals surface area contributed by atoms with Crippen LogP contribution in [0.25, 0.3) is 0 Å². The van der Waals surface area contributed by atoms with Gasteiger partial charge in [-0.1, -0.05) is 42.5 Å². The van der Waals surface area contributed by atoms with Crippen LogP contribution < -0.4 is 10.1 Å². The molecular weight excluding hydrogens is 482 g/mol. The van der Waals surface area contributed by atoms with Gasteiger partial charge in [0.1, 0.15) is 11.9 Å². The summed E-state index contributed by atoms with van der Waals surface area (Å²) in [6.45, 7) is 0.603. The van der Waals surface area contributed by atoms with Crippen molar-refractivity contribution in [3.63, 3.8) is 0 Å². The number of rotatable bonds is 9. The van der Waals surface area contributed by atoms with Crippen molar-refractivity contribution < 1.29 is 14.3 Å². The van der Waals surface area contributed by atoms with E-state index in [1.807, 2.05) is 65.4 Å². The minimum Gasteiger partial charge on any atom is -0.484 e. The molecule has 1 aromatic heterocycles. The lowest BCUT2D eigenvalue weighted by molar-refractivity contribution is 0.0956. The standard InChI is InChI=1S/C30H29N3O3S/c1-31-30(35)24-10-5-6-13-29(24)37-19-25-22-11-7-12-26(34)23(22)14-15-27(25)36-28(18-33-17-16-32-20-33)21-8-3-2-4-9-21/h2-6,8-10,13-17,20,28H,7,11-12,18-19H2,1H3,(H,31,35)/t28-/m1/s1. The SMILES string of the molecule is CNC(=O)c1ccccc1SCc1c(O[C@H](Cn2ccnc2)c2ccccc2)ccc2c1CCCC2=O. The number of hydrogen-bond acceptors (Lipinski definition) is 5. The number of carbonyl (C=O) groups is 2. The van der Waals surface area contributed by atoms with E-state index in [-0.39, 0.29) is 17.8 Å². The van der Waals surface area contributed by atoms with E-state index < -0.39 is 0 Å². The first-order valence-corrected chi connectivity index (χ1v) is 13.4. The molecule has 1 aliphatic rings. The van der Waals surface area contributed by atoms with Crippen LogP contribution in [0, 0.1) is 0 Å². The van der Waals surface area contributed by atoms with Gasteiger partial charge in [0.15, 0.2) is 5.78 Å². The molecule has 0 unspecified atom stereocenters. The van der Waals surface area contributed by atoms with Crippen LogP contribution in [0.15, 0.2) is 90.3 Å². The summed E-state index contributed by atoms with van der Waals surface area (Å²) in [6, 6.07) is 21.6. The number of Topliss-reactive ketones (excluding diaryl/α,β-unsaturated/α-hetero) is 1. The second-order valence-corrected chi connectivity index (χ2v) is 10.0. The Kier molecular flexibility index (Phi) is 7.70. The Morgan fingerprint density at radius 2 is 1.89 bits per heavy atom. The smallest absolute Gasteiger partial charge is 0.252 e. The molecule has 3 aromatic carbocycles. The van der Waals surface area contributed by atoms with Gasteiger partial charge < -0.3 is 14.6 Å². The number of fused-ring (bicyclic) bond motifs is 1. The van der Waals surface area contributed by atoms with Crippen molar-refractivity contribution in [2.45, 2.75) is 42.6 Å². The predicted octanol–water partition coefficient (Wildman–Crippen LogP) is 5.87. The Bertz CT molecular complexity index is 1390. The molecule has 0 saturated heterocycles. The van der Waals surface area contributed by atoms with E-state index in [1.165, 1.54) is 0 Å². The Morgan fingerprint density at radius 1 is 1.08 bits per heavy atom. The summed E-state index contributed by atoms with van der Waals surface area (Å²) in [5.41, 5.74) is 4.58. The van der Waals surface area contributed by atoms with E-state index in [1.54, 1.807) is 31.3 Å². The third kappa shape index (κ3) is 5.62. The molecular formula is C30H29N3O3S. The number of carbonyl (C=O) groups excluding carboxylic acids is 2. The maximum absolute atomic E-state index is 12.8. The van der Waals surface area contributed by atoms with Crippen LogP contribution in [0.5, 0.6) is 5.75 Å². The van der Waals surface area contributed by atoms with Gasteiger partial charge in [-0.25, -0.2) is 4.98 Å². The number of imidazole rings is 1. The summed E-state index contributed by atoms with van der Waals surface area (Å²) in [7, 11) is 1.64. The second kappa shape index (κ2) is 11.5. The van der Waals surface area contributed by atoms with Gasteiger partial charge in [0.25, 0.3) is 5.91 Å². The molecule has 7 heteroatoms. The molecule has 5 rings (SSSR count). The minimum atomic E-state index is -0.241. The van der Waals surface area contributed by atoms with Crippen molar-refractivity contribution >= 4 is 23.5 Å². The average Bonchev–Trinajstić information content (AvgIpc) is 3.45. The van der Waals surface area contributed by atoms with Crippen LogP contribution in [0.1, 0.15) is 56.4 Å². The van der Waals surface area contributed by atoms with Crippen LogP contribution in [-0.4, -0.2) is 28.3 Å². The number of ketones is 1. The summed E-state index contributed by atoms with van der Waals surface area (Å²) in [5.74, 6) is 1.43. The number of thioether (sulfide) groups is 1. The van der Waals surface area contributed by atoms with Gasteiger partial charge >= 0.3 is 0 Å². The van der Waals surface area contributed by atoms with E-state index in [0.717, 1.165) is 45.7 Å². The minimum absolute atomic E-state index is 0.116. The van der Waals surface area contributed by atoms with Crippen LogP contribution in [-0.2, 0) is 18.7 Å². The molecule has 1 aliphatic carbocycles. The summed E-state index contributed by atoms with van der Waals surface area (Å²) in [6.07, 6.45) is 7.48. The molecule has 0 bridgehead atoms. The van der Waals surface area contributed by atoms with Crippen molar-refractivity contribution in [3.05, 3.63) is 113 Å². The van der Waals surface area contributed by atoms with Crippen LogP contribution in [0.3, 0.4) is 0 Å². The number of benzene rings is 3. The monoisotopic (exact) mass is 511 g/mol. The first kappa shape index (κ1) is 24.8. The molecule has 0 aliphatic heterocycles. The second-order valence-electron chi connectivity index (χ2n) is 8.99. The Balaban J connectivity index is 1.51. The van der Waals surface area contributed by atoms with Crippen LogP contribution >= 0.6 is 11.8 Å². The highest BCUT2D eigenvalue weighted by Crippen LogP contribution is 2.38. The highest BCUT2D eigenvalue weighted by molar-refractivity contribution is 7.98. The zero-order valence-electron chi connectivity index (χ0n) is 20.7. The fraction of sp³-hybridized carbons (Fsp3) is 0.233. The molecule has 0 spiro atoms. The third-order valence-electron chi connectivity index (χ3n) is 6.63. The number of aromatic nitrogens is 2. The van der Waals surface area contributed by atoms with E-state index in [4.69, 9.17) is 4.74 Å². The van der Waals surface area contributed by atoms with E-state index in [9.17, 15) is 9.59 Å². The summed E-state index contributed by atoms with van der Waals surface area (Å²) >= 11 is 1.59. The molecule has 0 fully saturated rings. The van der Waals surface area contributed by atoms with E-state index >= 15 is 0 Å². The van der Waals surface area contributed by atoms with Gasteiger partial charge in [0.05, 0.1) is 18.4 Å². The van der Waals surface area contributed by atoms with Crippen molar-refractivity contribution in [3.8, 4) is 5.75 Å². The number of ether oxygens (including phenoxy) is 1. The van der Waals surface area contributed by atoms with E-state index in [0.29, 0.717) is 24.3 Å². The molecule has 188 valence electrons. The molecule has 1 amide bonds. The lowest BCUT2D eigenvalue weighted by Crippen LogP contribution is -2.19. The molecule has 6 nitrogen and oxygen atoms in total. The third-order valence-corrected chi connectivity index (χ3v) is 7.73. The van der Waals surface area contributed by atoms with Gasteiger partial charge in [-0.3, -0.25) is 9.59 Å². The zero-order chi connectivity index (χ0) is 25.6. The Hall–Kier alpha value is -3.84. The van der Waals surface area contributed by atoms with Gasteiger partial charge in [-0.15, -0.1) is 11.8 Å². The normalized spacial score (nSPS) is 13.6. The molecule has 0 radical (unpaired) electrons. The van der Waals surface area contributed by atoms with Gasteiger partial charge in [-0.2, -0.15) is 0 Å². The molecule has 37 heavy (non-hydrogen) atoms. The fourth-order valence-corrected chi connectivity index (χ4v) is 5.84.